The quantitative estimate of drug-likeness (QED) is 0.935. The molecule has 5 nitrogen and oxygen atoms in total. The summed E-state index contributed by atoms with van der Waals surface area (Å²) < 4.78 is 2.88. The van der Waals surface area contributed by atoms with Crippen molar-refractivity contribution in [3.05, 3.63) is 34.6 Å². The van der Waals surface area contributed by atoms with Crippen LogP contribution in [0.1, 0.15) is 12.2 Å². The van der Waals surface area contributed by atoms with Gasteiger partial charge in [0.25, 0.3) is 0 Å². The van der Waals surface area contributed by atoms with Crippen molar-refractivity contribution in [2.45, 2.75) is 12.8 Å². The van der Waals surface area contributed by atoms with Gasteiger partial charge in [0.15, 0.2) is 5.82 Å². The first-order chi connectivity index (χ1) is 8.83. The second-order valence-corrected chi connectivity index (χ2v) is 5.46. The van der Waals surface area contributed by atoms with Crippen molar-refractivity contribution in [2.24, 2.45) is 5.92 Å². The van der Waals surface area contributed by atoms with E-state index >= 15 is 0 Å². The van der Waals surface area contributed by atoms with Gasteiger partial charge in [-0.15, -0.1) is 5.10 Å². The van der Waals surface area contributed by atoms with Gasteiger partial charge in [-0.2, -0.15) is 4.68 Å². The number of aromatic nitrogens is 4. The van der Waals surface area contributed by atoms with Gasteiger partial charge in [0.1, 0.15) is 0 Å². The summed E-state index contributed by atoms with van der Waals surface area (Å²) in [6.07, 6.45) is 2.13. The molecule has 0 spiro atoms. The maximum Gasteiger partial charge on any atom is 0.157 e. The van der Waals surface area contributed by atoms with Crippen molar-refractivity contribution in [1.82, 2.24) is 25.5 Å². The SMILES string of the molecule is Brc1ccc(-n2nnnc2CC2CCNC2)cc1. The molecule has 0 saturated carbocycles. The summed E-state index contributed by atoms with van der Waals surface area (Å²) in [7, 11) is 0. The van der Waals surface area contributed by atoms with E-state index < -0.39 is 0 Å². The molecule has 2 aromatic rings. The van der Waals surface area contributed by atoms with Crippen molar-refractivity contribution in [3.63, 3.8) is 0 Å². The summed E-state index contributed by atoms with van der Waals surface area (Å²) in [5, 5.41) is 15.4. The minimum atomic E-state index is 0.644. The van der Waals surface area contributed by atoms with Crippen molar-refractivity contribution in [2.75, 3.05) is 13.1 Å². The van der Waals surface area contributed by atoms with Crippen LogP contribution < -0.4 is 5.32 Å². The molecule has 0 amide bonds. The van der Waals surface area contributed by atoms with Crippen LogP contribution in [-0.4, -0.2) is 33.3 Å². The average Bonchev–Trinajstić information content (AvgIpc) is 3.02. The number of rotatable bonds is 3. The molecular weight excluding hydrogens is 294 g/mol. The number of halogens is 1. The number of hydrogen-bond donors (Lipinski definition) is 1. The molecule has 3 rings (SSSR count). The van der Waals surface area contributed by atoms with Gasteiger partial charge in [0, 0.05) is 10.9 Å². The minimum absolute atomic E-state index is 0.644. The fourth-order valence-corrected chi connectivity index (χ4v) is 2.53. The number of hydrogen-bond acceptors (Lipinski definition) is 4. The molecule has 1 fully saturated rings. The van der Waals surface area contributed by atoms with Crippen LogP contribution in [0, 0.1) is 5.92 Å². The lowest BCUT2D eigenvalue weighted by molar-refractivity contribution is 0.551. The van der Waals surface area contributed by atoms with Gasteiger partial charge in [-0.3, -0.25) is 0 Å². The van der Waals surface area contributed by atoms with Crippen LogP contribution in [0.3, 0.4) is 0 Å². The zero-order chi connectivity index (χ0) is 12.4. The van der Waals surface area contributed by atoms with Crippen molar-refractivity contribution in [3.8, 4) is 5.69 Å². The second-order valence-electron chi connectivity index (χ2n) is 4.55. The van der Waals surface area contributed by atoms with Gasteiger partial charge in [-0.25, -0.2) is 0 Å². The van der Waals surface area contributed by atoms with Crippen LogP contribution in [0.15, 0.2) is 28.7 Å². The lowest BCUT2D eigenvalue weighted by atomic mass is 10.0. The lowest BCUT2D eigenvalue weighted by Gasteiger charge is -2.08. The van der Waals surface area contributed by atoms with E-state index in [-0.39, 0.29) is 0 Å². The standard InChI is InChI=1S/C12H14BrN5/c13-10-1-3-11(4-2-10)18-12(15-16-17-18)7-9-5-6-14-8-9/h1-4,9,14H,5-8H2. The number of tetrazole rings is 1. The van der Waals surface area contributed by atoms with Crippen molar-refractivity contribution >= 4 is 15.9 Å². The zero-order valence-corrected chi connectivity index (χ0v) is 11.5. The highest BCUT2D eigenvalue weighted by atomic mass is 79.9. The Morgan fingerprint density at radius 1 is 1.33 bits per heavy atom. The van der Waals surface area contributed by atoms with E-state index in [0.717, 1.165) is 35.5 Å². The second kappa shape index (κ2) is 5.16. The molecule has 1 atom stereocenters. The summed E-state index contributed by atoms with van der Waals surface area (Å²) in [5.41, 5.74) is 1.00. The Labute approximate surface area is 114 Å². The Hall–Kier alpha value is -1.27. The number of benzene rings is 1. The predicted octanol–water partition coefficient (Wildman–Crippen LogP) is 1.58. The van der Waals surface area contributed by atoms with Crippen LogP contribution in [0.4, 0.5) is 0 Å². The predicted molar refractivity (Wildman–Crippen MR) is 71.5 cm³/mol. The molecule has 1 saturated heterocycles. The molecule has 18 heavy (non-hydrogen) atoms. The molecule has 0 aliphatic carbocycles. The van der Waals surface area contributed by atoms with Gasteiger partial charge < -0.3 is 5.32 Å². The Morgan fingerprint density at radius 3 is 2.89 bits per heavy atom. The molecule has 1 aliphatic rings. The van der Waals surface area contributed by atoms with Gasteiger partial charge in [-0.05, 0) is 60.1 Å². The molecule has 1 N–H and O–H groups in total. The summed E-state index contributed by atoms with van der Waals surface area (Å²) in [6, 6.07) is 8.02. The highest BCUT2D eigenvalue weighted by molar-refractivity contribution is 9.10. The van der Waals surface area contributed by atoms with E-state index in [4.69, 9.17) is 0 Å². The highest BCUT2D eigenvalue weighted by Crippen LogP contribution is 2.17. The van der Waals surface area contributed by atoms with Gasteiger partial charge in [0.2, 0.25) is 0 Å². The van der Waals surface area contributed by atoms with E-state index in [1.807, 2.05) is 28.9 Å². The summed E-state index contributed by atoms with van der Waals surface area (Å²) in [5.74, 6) is 1.58. The van der Waals surface area contributed by atoms with E-state index in [9.17, 15) is 0 Å². The molecule has 1 aromatic heterocycles. The molecule has 1 aromatic carbocycles. The normalized spacial score (nSPS) is 19.3. The Bertz CT molecular complexity index is 516. The Kier molecular flexibility index (Phi) is 3.38. The third-order valence-corrected chi connectivity index (χ3v) is 3.77. The van der Waals surface area contributed by atoms with E-state index in [0.29, 0.717) is 5.92 Å². The average molecular weight is 308 g/mol. The van der Waals surface area contributed by atoms with Crippen LogP contribution in [0.5, 0.6) is 0 Å². The molecule has 94 valence electrons. The first kappa shape index (κ1) is 11.8. The van der Waals surface area contributed by atoms with E-state index in [1.165, 1.54) is 6.42 Å². The fraction of sp³-hybridized carbons (Fsp3) is 0.417. The summed E-state index contributed by atoms with van der Waals surface area (Å²) in [4.78, 5) is 0. The smallest absolute Gasteiger partial charge is 0.157 e. The first-order valence-corrected chi connectivity index (χ1v) is 6.86. The first-order valence-electron chi connectivity index (χ1n) is 6.07. The third-order valence-electron chi connectivity index (χ3n) is 3.24. The van der Waals surface area contributed by atoms with E-state index in [2.05, 4.69) is 36.8 Å². The fourth-order valence-electron chi connectivity index (χ4n) is 2.26. The highest BCUT2D eigenvalue weighted by Gasteiger charge is 2.19. The molecule has 1 unspecified atom stereocenters. The Morgan fingerprint density at radius 2 is 2.17 bits per heavy atom. The van der Waals surface area contributed by atoms with Crippen molar-refractivity contribution < 1.29 is 0 Å². The van der Waals surface area contributed by atoms with Gasteiger partial charge >= 0.3 is 0 Å². The zero-order valence-electron chi connectivity index (χ0n) is 9.88. The number of nitrogens with one attached hydrogen (secondary N) is 1. The maximum absolute atomic E-state index is 4.14. The van der Waals surface area contributed by atoms with Crippen LogP contribution in [0.2, 0.25) is 0 Å². The molecule has 0 radical (unpaired) electrons. The lowest BCUT2D eigenvalue weighted by Crippen LogP contribution is -2.13. The van der Waals surface area contributed by atoms with E-state index in [1.54, 1.807) is 0 Å². The van der Waals surface area contributed by atoms with Gasteiger partial charge in [-0.1, -0.05) is 15.9 Å². The summed E-state index contributed by atoms with van der Waals surface area (Å²) in [6.45, 7) is 2.16. The largest absolute Gasteiger partial charge is 0.316 e. The van der Waals surface area contributed by atoms with Gasteiger partial charge in [0.05, 0.1) is 5.69 Å². The molecule has 2 heterocycles. The molecule has 1 aliphatic heterocycles. The van der Waals surface area contributed by atoms with Crippen LogP contribution >= 0.6 is 15.9 Å². The molecular formula is C12H14BrN5. The number of nitrogens with zero attached hydrogens (tertiary/aromatic N) is 4. The van der Waals surface area contributed by atoms with Crippen LogP contribution in [0.25, 0.3) is 5.69 Å². The van der Waals surface area contributed by atoms with Crippen molar-refractivity contribution in [1.29, 1.82) is 0 Å². The Balaban J connectivity index is 1.84. The van der Waals surface area contributed by atoms with Crippen LogP contribution in [-0.2, 0) is 6.42 Å². The maximum atomic E-state index is 4.14. The summed E-state index contributed by atoms with van der Waals surface area (Å²) >= 11 is 3.43. The monoisotopic (exact) mass is 307 g/mol. The topological polar surface area (TPSA) is 55.6 Å². The molecule has 0 bridgehead atoms. The third kappa shape index (κ3) is 2.44. The molecule has 6 heteroatoms. The minimum Gasteiger partial charge on any atom is -0.316 e.